The number of nitriles is 1. The molecule has 9 heteroatoms. The van der Waals surface area contributed by atoms with Crippen LogP contribution in [0.4, 0.5) is 10.1 Å². The molecule has 4 aromatic heterocycles. The first-order valence-electron chi connectivity index (χ1n) is 9.49. The number of fused-ring (bicyclic) bond motifs is 1. The first-order chi connectivity index (χ1) is 15.6. The molecule has 0 radical (unpaired) electrons. The van der Waals surface area contributed by atoms with E-state index in [-0.39, 0.29) is 17.2 Å². The third-order valence-electron chi connectivity index (χ3n) is 4.71. The molecule has 0 bridgehead atoms. The molecule has 5 aromatic rings. The van der Waals surface area contributed by atoms with Crippen LogP contribution in [0, 0.1) is 17.1 Å². The molecule has 0 unspecified atom stereocenters. The predicted octanol–water partition coefficient (Wildman–Crippen LogP) is 4.34. The van der Waals surface area contributed by atoms with Crippen molar-refractivity contribution in [3.63, 3.8) is 0 Å². The van der Waals surface area contributed by atoms with Gasteiger partial charge in [-0.1, -0.05) is 6.07 Å². The minimum absolute atomic E-state index is 0.0238. The maximum absolute atomic E-state index is 14.6. The van der Waals surface area contributed by atoms with Crippen molar-refractivity contribution in [3.05, 3.63) is 90.5 Å². The third kappa shape index (κ3) is 3.57. The summed E-state index contributed by atoms with van der Waals surface area (Å²) < 4.78 is 21.1. The second kappa shape index (κ2) is 7.77. The average Bonchev–Trinajstić information content (AvgIpc) is 3.47. The van der Waals surface area contributed by atoms with Gasteiger partial charge in [-0.15, -0.1) is 5.10 Å². The summed E-state index contributed by atoms with van der Waals surface area (Å²) in [7, 11) is 0. The van der Waals surface area contributed by atoms with Crippen molar-refractivity contribution in [1.82, 2.24) is 19.7 Å². The average molecular weight is 424 g/mol. The predicted molar refractivity (Wildman–Crippen MR) is 113 cm³/mol. The van der Waals surface area contributed by atoms with Crippen molar-refractivity contribution >= 4 is 22.6 Å². The van der Waals surface area contributed by atoms with Gasteiger partial charge in [0, 0.05) is 35.2 Å². The van der Waals surface area contributed by atoms with Crippen LogP contribution < -0.4 is 5.32 Å². The Hall–Kier alpha value is -4.84. The minimum atomic E-state index is -0.559. The van der Waals surface area contributed by atoms with Crippen LogP contribution in [0.5, 0.6) is 0 Å². The highest BCUT2D eigenvalue weighted by molar-refractivity contribution is 6.02. The van der Waals surface area contributed by atoms with Gasteiger partial charge < -0.3 is 9.73 Å². The van der Waals surface area contributed by atoms with Crippen molar-refractivity contribution in [2.45, 2.75) is 0 Å². The number of carbonyl (C=O) groups excluding carboxylic acids is 1. The van der Waals surface area contributed by atoms with Crippen LogP contribution in [0.25, 0.3) is 28.0 Å². The van der Waals surface area contributed by atoms with Crippen LogP contribution >= 0.6 is 0 Å². The fourth-order valence-electron chi connectivity index (χ4n) is 3.19. The lowest BCUT2D eigenvalue weighted by Crippen LogP contribution is -2.11. The number of aromatic nitrogens is 4. The molecule has 1 amide bonds. The molecule has 4 heterocycles. The van der Waals surface area contributed by atoms with Crippen LogP contribution in [-0.2, 0) is 0 Å². The van der Waals surface area contributed by atoms with Gasteiger partial charge in [0.25, 0.3) is 5.91 Å². The lowest BCUT2D eigenvalue weighted by molar-refractivity contribution is 0.0996. The SMILES string of the molecule is N#Cc1ccc(C(=O)Nc2ccc(F)c(-n3cc4cc(-c5ccccn5)cnc4n3)c2)o1. The zero-order chi connectivity index (χ0) is 22.1. The van der Waals surface area contributed by atoms with E-state index >= 15 is 0 Å². The summed E-state index contributed by atoms with van der Waals surface area (Å²) in [5, 5.41) is 16.5. The molecule has 8 nitrogen and oxygen atoms in total. The molecule has 0 spiro atoms. The van der Waals surface area contributed by atoms with E-state index in [4.69, 9.17) is 9.68 Å². The Bertz CT molecular complexity index is 1500. The number of anilines is 1. The summed E-state index contributed by atoms with van der Waals surface area (Å²) in [6.07, 6.45) is 5.01. The summed E-state index contributed by atoms with van der Waals surface area (Å²) in [5.41, 5.74) is 2.50. The Labute approximate surface area is 180 Å². The number of carbonyl (C=O) groups is 1. The largest absolute Gasteiger partial charge is 0.440 e. The third-order valence-corrected chi connectivity index (χ3v) is 4.71. The number of nitrogens with zero attached hydrogens (tertiary/aromatic N) is 5. The second-order valence-corrected chi connectivity index (χ2v) is 6.82. The molecule has 0 aliphatic heterocycles. The number of hydrogen-bond donors (Lipinski definition) is 1. The van der Waals surface area contributed by atoms with Gasteiger partial charge in [-0.05, 0) is 48.5 Å². The topological polar surface area (TPSA) is 110 Å². The van der Waals surface area contributed by atoms with Gasteiger partial charge in [0.15, 0.2) is 11.4 Å². The number of rotatable bonds is 4. The lowest BCUT2D eigenvalue weighted by Gasteiger charge is -2.07. The zero-order valence-corrected chi connectivity index (χ0v) is 16.4. The highest BCUT2D eigenvalue weighted by Gasteiger charge is 2.15. The van der Waals surface area contributed by atoms with E-state index in [0.29, 0.717) is 16.7 Å². The number of pyridine rings is 2. The number of benzene rings is 1. The maximum Gasteiger partial charge on any atom is 0.291 e. The van der Waals surface area contributed by atoms with E-state index in [2.05, 4.69) is 20.4 Å². The first kappa shape index (κ1) is 19.1. The van der Waals surface area contributed by atoms with Crippen LogP contribution in [0.3, 0.4) is 0 Å². The molecule has 1 aromatic carbocycles. The van der Waals surface area contributed by atoms with Gasteiger partial charge in [-0.25, -0.2) is 14.1 Å². The molecule has 1 N–H and O–H groups in total. The fourth-order valence-corrected chi connectivity index (χ4v) is 3.19. The fraction of sp³-hybridized carbons (Fsp3) is 0. The molecule has 0 saturated carbocycles. The Balaban J connectivity index is 1.46. The van der Waals surface area contributed by atoms with E-state index in [1.807, 2.05) is 30.3 Å². The first-order valence-corrected chi connectivity index (χ1v) is 9.49. The van der Waals surface area contributed by atoms with E-state index in [1.54, 1.807) is 18.6 Å². The van der Waals surface area contributed by atoms with E-state index < -0.39 is 11.7 Å². The molecular weight excluding hydrogens is 411 g/mol. The molecule has 0 fully saturated rings. The van der Waals surface area contributed by atoms with E-state index in [9.17, 15) is 9.18 Å². The molecule has 0 aliphatic carbocycles. The smallest absolute Gasteiger partial charge is 0.291 e. The quantitative estimate of drug-likeness (QED) is 0.460. The van der Waals surface area contributed by atoms with Gasteiger partial charge in [0.1, 0.15) is 17.6 Å². The van der Waals surface area contributed by atoms with Crippen molar-refractivity contribution in [2.24, 2.45) is 0 Å². The minimum Gasteiger partial charge on any atom is -0.440 e. The number of hydrogen-bond acceptors (Lipinski definition) is 6. The molecule has 154 valence electrons. The summed E-state index contributed by atoms with van der Waals surface area (Å²) in [4.78, 5) is 21.0. The summed E-state index contributed by atoms with van der Waals surface area (Å²) >= 11 is 0. The number of furan rings is 1. The summed E-state index contributed by atoms with van der Waals surface area (Å²) in [5.74, 6) is -1.08. The summed E-state index contributed by atoms with van der Waals surface area (Å²) in [6.45, 7) is 0. The van der Waals surface area contributed by atoms with Crippen LogP contribution in [-0.4, -0.2) is 25.7 Å². The lowest BCUT2D eigenvalue weighted by atomic mass is 10.1. The monoisotopic (exact) mass is 424 g/mol. The molecular formula is C23H13FN6O2. The van der Waals surface area contributed by atoms with Gasteiger partial charge in [-0.2, -0.15) is 5.26 Å². The molecule has 32 heavy (non-hydrogen) atoms. The number of nitrogens with one attached hydrogen (secondary N) is 1. The standard InChI is InChI=1S/C23H13FN6O2/c24-18-6-4-16(28-23(31)21-7-5-17(11-25)32-21)10-20(18)30-13-15-9-14(12-27-22(15)29-30)19-3-1-2-8-26-19/h1-10,12-13H,(H,28,31). The van der Waals surface area contributed by atoms with Gasteiger partial charge in [0.05, 0.1) is 5.69 Å². The maximum atomic E-state index is 14.6. The van der Waals surface area contributed by atoms with Crippen molar-refractivity contribution < 1.29 is 13.6 Å². The van der Waals surface area contributed by atoms with Gasteiger partial charge >= 0.3 is 0 Å². The van der Waals surface area contributed by atoms with Gasteiger partial charge in [0.2, 0.25) is 5.76 Å². The Morgan fingerprint density at radius 3 is 2.81 bits per heavy atom. The van der Waals surface area contributed by atoms with E-state index in [0.717, 1.165) is 11.3 Å². The van der Waals surface area contributed by atoms with Crippen LogP contribution in [0.15, 0.2) is 77.6 Å². The molecule has 0 aliphatic rings. The number of amides is 1. The van der Waals surface area contributed by atoms with Gasteiger partial charge in [-0.3, -0.25) is 9.78 Å². The second-order valence-electron chi connectivity index (χ2n) is 6.82. The number of halogens is 1. The van der Waals surface area contributed by atoms with Crippen LogP contribution in [0.2, 0.25) is 0 Å². The molecule has 5 rings (SSSR count). The highest BCUT2D eigenvalue weighted by Crippen LogP contribution is 2.24. The zero-order valence-electron chi connectivity index (χ0n) is 16.4. The van der Waals surface area contributed by atoms with Crippen molar-refractivity contribution in [3.8, 4) is 23.0 Å². The molecule has 0 saturated heterocycles. The van der Waals surface area contributed by atoms with Crippen molar-refractivity contribution in [2.75, 3.05) is 5.32 Å². The van der Waals surface area contributed by atoms with E-state index in [1.165, 1.54) is 35.0 Å². The normalized spacial score (nSPS) is 10.8. The Kier molecular flexibility index (Phi) is 4.65. The Morgan fingerprint density at radius 1 is 1.12 bits per heavy atom. The highest BCUT2D eigenvalue weighted by atomic mass is 19.1. The Morgan fingerprint density at radius 2 is 2.03 bits per heavy atom. The van der Waals surface area contributed by atoms with Crippen molar-refractivity contribution in [1.29, 1.82) is 5.26 Å². The molecule has 0 atom stereocenters. The summed E-state index contributed by atoms with van der Waals surface area (Å²) in [6, 6.07) is 16.2. The van der Waals surface area contributed by atoms with Crippen LogP contribution in [0.1, 0.15) is 16.3 Å².